The maximum Gasteiger partial charge on any atom is 0.421 e. The lowest BCUT2D eigenvalue weighted by Gasteiger charge is -2.32. The van der Waals surface area contributed by atoms with Crippen LogP contribution >= 0.6 is 0 Å². The lowest BCUT2D eigenvalue weighted by atomic mass is 9.87. The van der Waals surface area contributed by atoms with Crippen molar-refractivity contribution in [2.45, 2.75) is 70.2 Å². The Kier molecular flexibility index (Phi) is 5.61. The van der Waals surface area contributed by atoms with Gasteiger partial charge in [0.15, 0.2) is 5.60 Å². The number of hydrogen-bond donors (Lipinski definition) is 1. The van der Waals surface area contributed by atoms with Crippen LogP contribution in [-0.2, 0) is 5.60 Å². The summed E-state index contributed by atoms with van der Waals surface area (Å²) in [6.07, 6.45) is -0.885. The molecule has 0 bridgehead atoms. The molecule has 0 aliphatic carbocycles. The van der Waals surface area contributed by atoms with Crippen LogP contribution < -0.4 is 4.90 Å². The highest BCUT2D eigenvalue weighted by Crippen LogP contribution is 2.43. The van der Waals surface area contributed by atoms with E-state index in [1.165, 1.54) is 12.1 Å². The predicted molar refractivity (Wildman–Crippen MR) is 86.6 cm³/mol. The van der Waals surface area contributed by atoms with Crippen LogP contribution in [-0.4, -0.2) is 23.9 Å². The first-order chi connectivity index (χ1) is 10.8. The Bertz CT molecular complexity index is 500. The Morgan fingerprint density at radius 3 is 2.30 bits per heavy atom. The summed E-state index contributed by atoms with van der Waals surface area (Å²) in [6, 6.07) is 6.67. The van der Waals surface area contributed by atoms with Crippen molar-refractivity contribution in [3.05, 3.63) is 29.8 Å². The Balaban J connectivity index is 2.22. The van der Waals surface area contributed by atoms with Crippen LogP contribution in [0.2, 0.25) is 0 Å². The Hall–Kier alpha value is -1.23. The topological polar surface area (TPSA) is 23.5 Å². The summed E-state index contributed by atoms with van der Waals surface area (Å²) in [5.41, 5.74) is -1.88. The molecule has 1 aliphatic rings. The second-order valence-corrected chi connectivity index (χ2v) is 6.55. The first-order valence-electron chi connectivity index (χ1n) is 8.46. The van der Waals surface area contributed by atoms with Gasteiger partial charge < -0.3 is 10.0 Å². The molecule has 0 aromatic heterocycles. The fraction of sp³-hybridized carbons (Fsp3) is 0.667. The summed E-state index contributed by atoms with van der Waals surface area (Å²) in [5.74, 6) is 0. The summed E-state index contributed by atoms with van der Waals surface area (Å²) in [4.78, 5) is 2.20. The van der Waals surface area contributed by atoms with E-state index in [-0.39, 0.29) is 12.0 Å². The fourth-order valence-corrected chi connectivity index (χ4v) is 3.33. The molecule has 1 aromatic rings. The molecule has 2 rings (SSSR count). The Morgan fingerprint density at radius 2 is 1.83 bits per heavy atom. The van der Waals surface area contributed by atoms with E-state index in [0.717, 1.165) is 31.5 Å². The van der Waals surface area contributed by atoms with Crippen molar-refractivity contribution in [3.8, 4) is 0 Å². The van der Waals surface area contributed by atoms with Gasteiger partial charge in [-0.15, -0.1) is 0 Å². The van der Waals surface area contributed by atoms with E-state index in [0.29, 0.717) is 18.9 Å². The van der Waals surface area contributed by atoms with Gasteiger partial charge in [0, 0.05) is 18.3 Å². The zero-order valence-electron chi connectivity index (χ0n) is 13.9. The standard InChI is InChI=1S/C18H26F3NO/c1-3-4-5-12-17(23,18(19,20)21)15-8-10-16(11-9-15)22-13-6-7-14(22)2/h8-11,14,23H,3-7,12-13H2,1-2H3. The first-order valence-corrected chi connectivity index (χ1v) is 8.46. The lowest BCUT2D eigenvalue weighted by Crippen LogP contribution is -2.42. The maximum atomic E-state index is 13.4. The summed E-state index contributed by atoms with van der Waals surface area (Å²) >= 11 is 0. The van der Waals surface area contributed by atoms with E-state index in [4.69, 9.17) is 0 Å². The number of rotatable bonds is 6. The minimum atomic E-state index is -4.66. The van der Waals surface area contributed by atoms with Crippen molar-refractivity contribution < 1.29 is 18.3 Å². The number of nitrogens with zero attached hydrogens (tertiary/aromatic N) is 1. The van der Waals surface area contributed by atoms with Crippen LogP contribution in [0.1, 0.15) is 57.9 Å². The van der Waals surface area contributed by atoms with E-state index >= 15 is 0 Å². The quantitative estimate of drug-likeness (QED) is 0.742. The van der Waals surface area contributed by atoms with Gasteiger partial charge in [-0.05, 0) is 50.3 Å². The van der Waals surface area contributed by atoms with Gasteiger partial charge in [0.25, 0.3) is 0 Å². The molecule has 2 nitrogen and oxygen atoms in total. The number of unbranched alkanes of at least 4 members (excludes halogenated alkanes) is 2. The van der Waals surface area contributed by atoms with Crippen LogP contribution in [0.15, 0.2) is 24.3 Å². The average Bonchev–Trinajstić information content (AvgIpc) is 2.92. The fourth-order valence-electron chi connectivity index (χ4n) is 3.33. The highest BCUT2D eigenvalue weighted by Gasteiger charge is 2.54. The van der Waals surface area contributed by atoms with Gasteiger partial charge in [-0.2, -0.15) is 13.2 Å². The molecule has 0 spiro atoms. The molecule has 23 heavy (non-hydrogen) atoms. The van der Waals surface area contributed by atoms with Crippen molar-refractivity contribution in [1.82, 2.24) is 0 Å². The minimum absolute atomic E-state index is 0.0586. The zero-order valence-corrected chi connectivity index (χ0v) is 13.9. The molecule has 1 saturated heterocycles. The summed E-state index contributed by atoms with van der Waals surface area (Å²) in [7, 11) is 0. The number of aliphatic hydroxyl groups is 1. The summed E-state index contributed by atoms with van der Waals surface area (Å²) in [5, 5.41) is 10.3. The van der Waals surface area contributed by atoms with Gasteiger partial charge in [0.05, 0.1) is 0 Å². The average molecular weight is 329 g/mol. The van der Waals surface area contributed by atoms with E-state index in [9.17, 15) is 18.3 Å². The molecule has 1 N–H and O–H groups in total. The lowest BCUT2D eigenvalue weighted by molar-refractivity contribution is -0.269. The first kappa shape index (κ1) is 18.1. The molecule has 0 saturated carbocycles. The molecule has 0 amide bonds. The molecule has 130 valence electrons. The van der Waals surface area contributed by atoms with E-state index in [1.54, 1.807) is 12.1 Å². The SMILES string of the molecule is CCCCCC(O)(c1ccc(N2CCCC2C)cc1)C(F)(F)F. The summed E-state index contributed by atoms with van der Waals surface area (Å²) in [6.45, 7) is 4.98. The second kappa shape index (κ2) is 7.12. The summed E-state index contributed by atoms with van der Waals surface area (Å²) < 4.78 is 40.3. The van der Waals surface area contributed by atoms with Crippen molar-refractivity contribution in [2.75, 3.05) is 11.4 Å². The van der Waals surface area contributed by atoms with Crippen LogP contribution in [0, 0.1) is 0 Å². The van der Waals surface area contributed by atoms with Crippen molar-refractivity contribution in [2.24, 2.45) is 0 Å². The monoisotopic (exact) mass is 329 g/mol. The van der Waals surface area contributed by atoms with Crippen LogP contribution in [0.3, 0.4) is 0 Å². The van der Waals surface area contributed by atoms with Gasteiger partial charge in [-0.3, -0.25) is 0 Å². The molecular formula is C18H26F3NO. The Morgan fingerprint density at radius 1 is 1.17 bits per heavy atom. The number of anilines is 1. The second-order valence-electron chi connectivity index (χ2n) is 6.55. The van der Waals surface area contributed by atoms with Crippen molar-refractivity contribution in [3.63, 3.8) is 0 Å². The smallest absolute Gasteiger partial charge is 0.376 e. The Labute approximate surface area is 136 Å². The molecule has 0 radical (unpaired) electrons. The van der Waals surface area contributed by atoms with Crippen LogP contribution in [0.25, 0.3) is 0 Å². The van der Waals surface area contributed by atoms with Crippen LogP contribution in [0.5, 0.6) is 0 Å². The van der Waals surface area contributed by atoms with E-state index in [2.05, 4.69) is 11.8 Å². The number of halogens is 3. The molecule has 1 aromatic carbocycles. The van der Waals surface area contributed by atoms with Crippen LogP contribution in [0.4, 0.5) is 18.9 Å². The third-order valence-corrected chi connectivity index (χ3v) is 4.84. The van der Waals surface area contributed by atoms with Gasteiger partial charge in [0.2, 0.25) is 0 Å². The number of hydrogen-bond acceptors (Lipinski definition) is 2. The van der Waals surface area contributed by atoms with Crippen molar-refractivity contribution >= 4 is 5.69 Å². The maximum absolute atomic E-state index is 13.4. The third kappa shape index (κ3) is 3.82. The highest BCUT2D eigenvalue weighted by molar-refractivity contribution is 5.50. The van der Waals surface area contributed by atoms with Gasteiger partial charge in [-0.1, -0.05) is 31.9 Å². The molecular weight excluding hydrogens is 303 g/mol. The molecule has 2 atom stereocenters. The van der Waals surface area contributed by atoms with E-state index in [1.807, 2.05) is 6.92 Å². The molecule has 5 heteroatoms. The minimum Gasteiger partial charge on any atom is -0.376 e. The molecule has 2 unspecified atom stereocenters. The molecule has 1 aliphatic heterocycles. The van der Waals surface area contributed by atoms with Gasteiger partial charge in [0.1, 0.15) is 0 Å². The molecule has 1 fully saturated rings. The molecule has 1 heterocycles. The largest absolute Gasteiger partial charge is 0.421 e. The van der Waals surface area contributed by atoms with E-state index < -0.39 is 11.8 Å². The zero-order chi connectivity index (χ0) is 17.1. The van der Waals surface area contributed by atoms with Gasteiger partial charge in [-0.25, -0.2) is 0 Å². The van der Waals surface area contributed by atoms with Crippen molar-refractivity contribution in [1.29, 1.82) is 0 Å². The number of benzene rings is 1. The number of alkyl halides is 3. The third-order valence-electron chi connectivity index (χ3n) is 4.84. The highest BCUT2D eigenvalue weighted by atomic mass is 19.4. The normalized spacial score (nSPS) is 21.5. The van der Waals surface area contributed by atoms with Gasteiger partial charge >= 0.3 is 6.18 Å². The predicted octanol–water partition coefficient (Wildman–Crippen LogP) is 5.01.